The zero-order valence-corrected chi connectivity index (χ0v) is 21.2. The third kappa shape index (κ3) is 17.1. The molecule has 4 heteroatoms. The Morgan fingerprint density at radius 1 is 0.968 bits per heavy atom. The van der Waals surface area contributed by atoms with Crippen molar-refractivity contribution in [1.29, 1.82) is 0 Å². The molecular weight excluding hydrogens is 388 g/mol. The van der Waals surface area contributed by atoms with Crippen molar-refractivity contribution in [2.45, 2.75) is 54.4 Å². The molecule has 2 rings (SSSR count). The number of aliphatic hydroxyl groups excluding tert-OH is 2. The minimum Gasteiger partial charge on any atom is -0.496 e. The topological polar surface area (TPSA) is 58.9 Å². The zero-order valence-electron chi connectivity index (χ0n) is 21.2. The van der Waals surface area contributed by atoms with Gasteiger partial charge >= 0.3 is 0 Å². The Morgan fingerprint density at radius 2 is 1.48 bits per heavy atom. The van der Waals surface area contributed by atoms with Gasteiger partial charge < -0.3 is 19.7 Å². The largest absolute Gasteiger partial charge is 0.496 e. The van der Waals surface area contributed by atoms with Crippen molar-refractivity contribution in [2.24, 2.45) is 5.92 Å². The van der Waals surface area contributed by atoms with Crippen LogP contribution in [0.15, 0.2) is 55.1 Å². The summed E-state index contributed by atoms with van der Waals surface area (Å²) in [6.07, 6.45) is 3.55. The first-order valence-electron chi connectivity index (χ1n) is 10.8. The molecule has 0 radical (unpaired) electrons. The van der Waals surface area contributed by atoms with Crippen molar-refractivity contribution in [3.63, 3.8) is 0 Å². The molecule has 0 atom stereocenters. The number of allylic oxidation sites excluding steroid dienone is 1. The lowest BCUT2D eigenvalue weighted by Crippen LogP contribution is -1.97. The van der Waals surface area contributed by atoms with Gasteiger partial charge in [0.2, 0.25) is 0 Å². The molecule has 0 saturated heterocycles. The molecule has 2 N–H and O–H groups in total. The number of aryl methyl sites for hydroxylation is 1. The van der Waals surface area contributed by atoms with Gasteiger partial charge in [0.25, 0.3) is 0 Å². The standard InChI is InChI=1S/C11H16O.C10H14O2.C3H6.C2H6.CH4O/c1-9(2)8-10-6-4-5-7-11(10)12-3;1-8-7-9(5-6-11)3-4-10(8)12-2;1-3-2;2*1-2/h4-7,9H,8H2,1-3H3;3-4,7,11H,5-6H2,1-2H3;3H,1H2,2H3;1-2H3;2H,1H3. The lowest BCUT2D eigenvalue weighted by Gasteiger charge is -2.09. The number of rotatable bonds is 6. The van der Waals surface area contributed by atoms with Crippen LogP contribution >= 0.6 is 0 Å². The number of methoxy groups -OCH3 is 2. The Balaban J connectivity index is -0.000000393. The lowest BCUT2D eigenvalue weighted by atomic mass is 10.0. The normalized spacial score (nSPS) is 8.65. The molecule has 0 saturated carbocycles. The second-order valence-electron chi connectivity index (χ2n) is 6.60. The van der Waals surface area contributed by atoms with Gasteiger partial charge in [-0.15, -0.1) is 6.58 Å². The zero-order chi connectivity index (χ0) is 24.7. The highest BCUT2D eigenvalue weighted by atomic mass is 16.5. The van der Waals surface area contributed by atoms with E-state index >= 15 is 0 Å². The van der Waals surface area contributed by atoms with Crippen LogP contribution in [-0.4, -0.2) is 38.1 Å². The second-order valence-corrected chi connectivity index (χ2v) is 6.60. The minimum atomic E-state index is 0.200. The predicted molar refractivity (Wildman–Crippen MR) is 135 cm³/mol. The van der Waals surface area contributed by atoms with E-state index in [-0.39, 0.29) is 6.61 Å². The van der Waals surface area contributed by atoms with Crippen LogP contribution in [0, 0.1) is 12.8 Å². The molecule has 0 aromatic heterocycles. The Morgan fingerprint density at radius 3 is 1.90 bits per heavy atom. The summed E-state index contributed by atoms with van der Waals surface area (Å²) in [6.45, 7) is 15.9. The van der Waals surface area contributed by atoms with Crippen LogP contribution < -0.4 is 9.47 Å². The average molecular weight is 435 g/mol. The average Bonchev–Trinajstić information content (AvgIpc) is 2.78. The summed E-state index contributed by atoms with van der Waals surface area (Å²) in [5.41, 5.74) is 3.56. The van der Waals surface area contributed by atoms with Crippen LogP contribution in [0.25, 0.3) is 0 Å². The summed E-state index contributed by atoms with van der Waals surface area (Å²) in [7, 11) is 4.38. The van der Waals surface area contributed by atoms with E-state index in [0.29, 0.717) is 12.3 Å². The van der Waals surface area contributed by atoms with E-state index in [4.69, 9.17) is 19.7 Å². The smallest absolute Gasteiger partial charge is 0.122 e. The molecule has 31 heavy (non-hydrogen) atoms. The van der Waals surface area contributed by atoms with E-state index < -0.39 is 0 Å². The monoisotopic (exact) mass is 434 g/mol. The molecule has 0 bridgehead atoms. The number of aliphatic hydroxyl groups is 2. The first-order chi connectivity index (χ1) is 14.9. The van der Waals surface area contributed by atoms with Gasteiger partial charge in [0, 0.05) is 13.7 Å². The van der Waals surface area contributed by atoms with Crippen molar-refractivity contribution in [2.75, 3.05) is 27.9 Å². The Kier molecular flexibility index (Phi) is 25.8. The van der Waals surface area contributed by atoms with Gasteiger partial charge in [0.05, 0.1) is 14.2 Å². The number of hydrogen-bond acceptors (Lipinski definition) is 4. The van der Waals surface area contributed by atoms with Crippen molar-refractivity contribution in [1.82, 2.24) is 0 Å². The number of benzene rings is 2. The number of ether oxygens (including phenoxy) is 2. The maximum atomic E-state index is 8.71. The van der Waals surface area contributed by atoms with E-state index in [1.165, 1.54) is 5.56 Å². The molecule has 0 spiro atoms. The first-order valence-corrected chi connectivity index (χ1v) is 10.8. The first kappa shape index (κ1) is 33.3. The molecule has 0 aliphatic carbocycles. The van der Waals surface area contributed by atoms with Crippen molar-refractivity contribution < 1.29 is 19.7 Å². The molecule has 2 aromatic rings. The fourth-order valence-corrected chi connectivity index (χ4v) is 2.54. The number of para-hydroxylation sites is 1. The highest BCUT2D eigenvalue weighted by Gasteiger charge is 2.02. The van der Waals surface area contributed by atoms with Crippen LogP contribution in [0.2, 0.25) is 0 Å². The Bertz CT molecular complexity index is 651. The fourth-order valence-electron chi connectivity index (χ4n) is 2.54. The summed E-state index contributed by atoms with van der Waals surface area (Å²) in [6, 6.07) is 14.1. The highest BCUT2D eigenvalue weighted by molar-refractivity contribution is 5.36. The van der Waals surface area contributed by atoms with Crippen molar-refractivity contribution in [3.8, 4) is 11.5 Å². The van der Waals surface area contributed by atoms with Crippen LogP contribution in [0.1, 0.15) is 51.3 Å². The van der Waals surface area contributed by atoms with Gasteiger partial charge in [-0.25, -0.2) is 0 Å². The molecule has 0 amide bonds. The fraction of sp³-hybridized carbons (Fsp3) is 0.481. The summed E-state index contributed by atoms with van der Waals surface area (Å²) >= 11 is 0. The van der Waals surface area contributed by atoms with Gasteiger partial charge in [-0.2, -0.15) is 0 Å². The summed E-state index contributed by atoms with van der Waals surface area (Å²) in [5, 5.41) is 15.7. The third-order valence-electron chi connectivity index (χ3n) is 3.68. The molecule has 0 aliphatic heterocycles. The van der Waals surface area contributed by atoms with Crippen LogP contribution in [0.4, 0.5) is 0 Å². The van der Waals surface area contributed by atoms with Gasteiger partial charge in [-0.1, -0.05) is 64.1 Å². The predicted octanol–water partition coefficient (Wildman–Crippen LogP) is 6.26. The molecular formula is C27H46O4. The molecule has 0 fully saturated rings. The van der Waals surface area contributed by atoms with E-state index in [0.717, 1.165) is 36.2 Å². The maximum Gasteiger partial charge on any atom is 0.122 e. The highest BCUT2D eigenvalue weighted by Crippen LogP contribution is 2.20. The quantitative estimate of drug-likeness (QED) is 0.527. The van der Waals surface area contributed by atoms with Crippen LogP contribution in [0.3, 0.4) is 0 Å². The molecule has 0 heterocycles. The van der Waals surface area contributed by atoms with Crippen molar-refractivity contribution in [3.05, 3.63) is 71.8 Å². The van der Waals surface area contributed by atoms with Crippen LogP contribution in [-0.2, 0) is 12.8 Å². The Labute approximate surface area is 191 Å². The van der Waals surface area contributed by atoms with E-state index in [1.54, 1.807) is 20.3 Å². The van der Waals surface area contributed by atoms with Crippen molar-refractivity contribution >= 4 is 0 Å². The van der Waals surface area contributed by atoms with E-state index in [1.807, 2.05) is 58.0 Å². The van der Waals surface area contributed by atoms with Gasteiger partial charge in [0.1, 0.15) is 11.5 Å². The van der Waals surface area contributed by atoms with Gasteiger partial charge in [-0.05, 0) is 61.4 Å². The molecule has 4 nitrogen and oxygen atoms in total. The number of hydrogen-bond donors (Lipinski definition) is 2. The molecule has 2 aromatic carbocycles. The Hall–Kier alpha value is -2.30. The second kappa shape index (κ2) is 24.0. The van der Waals surface area contributed by atoms with E-state index in [2.05, 4.69) is 32.6 Å². The summed E-state index contributed by atoms with van der Waals surface area (Å²) in [5.74, 6) is 2.59. The molecule has 178 valence electrons. The third-order valence-corrected chi connectivity index (χ3v) is 3.68. The summed E-state index contributed by atoms with van der Waals surface area (Å²) < 4.78 is 10.4. The van der Waals surface area contributed by atoms with Crippen LogP contribution in [0.5, 0.6) is 11.5 Å². The SMILES string of the molecule is C=CC.CC.CO.COc1ccc(CCO)cc1C.COc1ccccc1CC(C)C. The van der Waals surface area contributed by atoms with Gasteiger partial charge in [0.15, 0.2) is 0 Å². The maximum absolute atomic E-state index is 8.71. The minimum absolute atomic E-state index is 0.200. The summed E-state index contributed by atoms with van der Waals surface area (Å²) in [4.78, 5) is 0. The van der Waals surface area contributed by atoms with Gasteiger partial charge in [-0.3, -0.25) is 0 Å². The lowest BCUT2D eigenvalue weighted by molar-refractivity contribution is 0.299. The molecule has 0 unspecified atom stereocenters. The van der Waals surface area contributed by atoms with E-state index in [9.17, 15) is 0 Å². The molecule has 0 aliphatic rings.